The number of aliphatic carboxylic acids is 1. The number of anilines is 2. The van der Waals surface area contributed by atoms with E-state index >= 15 is 0 Å². The molecule has 4 aromatic rings. The Morgan fingerprint density at radius 1 is 0.939 bits per heavy atom. The van der Waals surface area contributed by atoms with Crippen LogP contribution in [0.4, 0.5) is 11.4 Å². The summed E-state index contributed by atoms with van der Waals surface area (Å²) in [7, 11) is 3.60. The zero-order valence-electron chi connectivity index (χ0n) is 18.4. The molecule has 0 unspecified atom stereocenters. The molecular weight excluding hydrogens is 432 g/mol. The van der Waals surface area contributed by atoms with E-state index in [0.29, 0.717) is 5.88 Å². The van der Waals surface area contributed by atoms with Crippen LogP contribution >= 0.6 is 11.8 Å². The molecular formula is C27H24N2O3S. The second kappa shape index (κ2) is 10.2. The molecule has 0 spiro atoms. The van der Waals surface area contributed by atoms with Gasteiger partial charge in [-0.05, 0) is 35.9 Å². The third-order valence-corrected chi connectivity index (χ3v) is 6.24. The van der Waals surface area contributed by atoms with Gasteiger partial charge in [-0.2, -0.15) is 0 Å². The third-order valence-electron chi connectivity index (χ3n) is 5.24. The minimum absolute atomic E-state index is 0.0360. The van der Waals surface area contributed by atoms with Crippen molar-refractivity contribution < 1.29 is 14.6 Å². The molecule has 4 rings (SSSR count). The molecule has 0 radical (unpaired) electrons. The van der Waals surface area contributed by atoms with Crippen LogP contribution in [0.25, 0.3) is 22.4 Å². The third kappa shape index (κ3) is 5.18. The number of thioether (sulfide) groups is 1. The van der Waals surface area contributed by atoms with Crippen LogP contribution in [0.15, 0.2) is 95.9 Å². The number of methoxy groups -OCH3 is 1. The smallest absolute Gasteiger partial charge is 0.313 e. The van der Waals surface area contributed by atoms with Crippen LogP contribution in [0.3, 0.4) is 0 Å². The van der Waals surface area contributed by atoms with E-state index in [4.69, 9.17) is 14.8 Å². The number of hydrogen-bond acceptors (Lipinski definition) is 5. The van der Waals surface area contributed by atoms with Gasteiger partial charge in [0.1, 0.15) is 5.69 Å². The SMILES string of the molecule is COc1nc(-c2ccccc2)c(-c2ccccc2)cc1N(C)c1ccc(SCC(=O)O)cc1. The monoisotopic (exact) mass is 456 g/mol. The zero-order chi connectivity index (χ0) is 23.2. The lowest BCUT2D eigenvalue weighted by molar-refractivity contribution is -0.133. The number of rotatable bonds is 8. The van der Waals surface area contributed by atoms with Crippen molar-refractivity contribution in [1.82, 2.24) is 4.98 Å². The summed E-state index contributed by atoms with van der Waals surface area (Å²) in [5.41, 5.74) is 5.74. The molecule has 0 atom stereocenters. The summed E-state index contributed by atoms with van der Waals surface area (Å²) in [5.74, 6) is -0.266. The molecule has 0 amide bonds. The Morgan fingerprint density at radius 3 is 2.12 bits per heavy atom. The molecule has 3 aromatic carbocycles. The predicted molar refractivity (Wildman–Crippen MR) is 135 cm³/mol. The molecule has 0 saturated carbocycles. The molecule has 0 saturated heterocycles. The molecule has 0 fully saturated rings. The molecule has 33 heavy (non-hydrogen) atoms. The van der Waals surface area contributed by atoms with E-state index in [1.165, 1.54) is 11.8 Å². The Hall–Kier alpha value is -3.77. The van der Waals surface area contributed by atoms with Gasteiger partial charge < -0.3 is 14.7 Å². The fraction of sp³-hybridized carbons (Fsp3) is 0.111. The fourth-order valence-corrected chi connectivity index (χ4v) is 4.20. The fourth-order valence-electron chi connectivity index (χ4n) is 3.58. The summed E-state index contributed by atoms with van der Waals surface area (Å²) < 4.78 is 5.71. The molecule has 1 heterocycles. The van der Waals surface area contributed by atoms with E-state index in [9.17, 15) is 4.79 Å². The van der Waals surface area contributed by atoms with Gasteiger partial charge in [-0.3, -0.25) is 4.79 Å². The second-order valence-corrected chi connectivity index (χ2v) is 8.43. The number of ether oxygens (including phenoxy) is 1. The van der Waals surface area contributed by atoms with Crippen LogP contribution in [0.1, 0.15) is 0 Å². The van der Waals surface area contributed by atoms with Crippen molar-refractivity contribution in [2.75, 3.05) is 24.8 Å². The molecule has 0 aliphatic rings. The maximum Gasteiger partial charge on any atom is 0.313 e. The van der Waals surface area contributed by atoms with Gasteiger partial charge in [-0.25, -0.2) is 4.98 Å². The minimum atomic E-state index is -0.830. The van der Waals surface area contributed by atoms with E-state index in [1.54, 1.807) is 7.11 Å². The van der Waals surface area contributed by atoms with Crippen LogP contribution in [-0.4, -0.2) is 36.0 Å². The number of pyridine rings is 1. The van der Waals surface area contributed by atoms with E-state index in [1.807, 2.05) is 84.7 Å². The quantitative estimate of drug-likeness (QED) is 0.311. The lowest BCUT2D eigenvalue weighted by atomic mass is 9.98. The van der Waals surface area contributed by atoms with Crippen molar-refractivity contribution in [3.8, 4) is 28.3 Å². The van der Waals surface area contributed by atoms with Crippen molar-refractivity contribution in [3.63, 3.8) is 0 Å². The van der Waals surface area contributed by atoms with Gasteiger partial charge in [0, 0.05) is 28.8 Å². The first-order chi connectivity index (χ1) is 16.1. The Bertz CT molecular complexity index is 1230. The largest absolute Gasteiger partial charge is 0.481 e. The molecule has 1 N–H and O–H groups in total. The van der Waals surface area contributed by atoms with Crippen LogP contribution < -0.4 is 9.64 Å². The number of aromatic nitrogens is 1. The van der Waals surface area contributed by atoms with Gasteiger partial charge >= 0.3 is 5.97 Å². The van der Waals surface area contributed by atoms with Crippen molar-refractivity contribution in [2.24, 2.45) is 0 Å². The van der Waals surface area contributed by atoms with Gasteiger partial charge in [-0.15, -0.1) is 11.8 Å². The maximum absolute atomic E-state index is 10.8. The van der Waals surface area contributed by atoms with Gasteiger partial charge in [0.2, 0.25) is 5.88 Å². The van der Waals surface area contributed by atoms with E-state index < -0.39 is 5.97 Å². The van der Waals surface area contributed by atoms with Gasteiger partial charge in [0.15, 0.2) is 0 Å². The maximum atomic E-state index is 10.8. The average molecular weight is 457 g/mol. The van der Waals surface area contributed by atoms with E-state index in [0.717, 1.165) is 38.7 Å². The molecule has 0 aliphatic carbocycles. The van der Waals surface area contributed by atoms with Gasteiger partial charge in [-0.1, -0.05) is 60.7 Å². The molecule has 0 aliphatic heterocycles. The summed E-state index contributed by atoms with van der Waals surface area (Å²) in [4.78, 5) is 18.7. The summed E-state index contributed by atoms with van der Waals surface area (Å²) in [6, 6.07) is 30.2. The van der Waals surface area contributed by atoms with Crippen LogP contribution in [0.5, 0.6) is 5.88 Å². The van der Waals surface area contributed by atoms with Crippen LogP contribution in [-0.2, 0) is 4.79 Å². The molecule has 5 nitrogen and oxygen atoms in total. The van der Waals surface area contributed by atoms with Crippen LogP contribution in [0, 0.1) is 0 Å². The number of benzene rings is 3. The van der Waals surface area contributed by atoms with Gasteiger partial charge in [0.25, 0.3) is 0 Å². The highest BCUT2D eigenvalue weighted by Crippen LogP contribution is 2.40. The van der Waals surface area contributed by atoms with Crippen molar-refractivity contribution >= 4 is 29.1 Å². The van der Waals surface area contributed by atoms with Crippen LogP contribution in [0.2, 0.25) is 0 Å². The average Bonchev–Trinajstić information content (AvgIpc) is 2.87. The number of carboxylic acid groups (broad SMARTS) is 1. The Morgan fingerprint density at radius 2 is 1.55 bits per heavy atom. The lowest BCUT2D eigenvalue weighted by Crippen LogP contribution is -2.12. The normalized spacial score (nSPS) is 10.6. The van der Waals surface area contributed by atoms with Crippen molar-refractivity contribution in [3.05, 3.63) is 91.0 Å². The first kappa shape index (κ1) is 22.4. The number of hydrogen-bond donors (Lipinski definition) is 1. The first-order valence-electron chi connectivity index (χ1n) is 10.4. The highest BCUT2D eigenvalue weighted by Gasteiger charge is 2.19. The summed E-state index contributed by atoms with van der Waals surface area (Å²) in [5, 5.41) is 8.90. The highest BCUT2D eigenvalue weighted by atomic mass is 32.2. The molecule has 0 bridgehead atoms. The summed E-state index contributed by atoms with van der Waals surface area (Å²) >= 11 is 1.30. The summed E-state index contributed by atoms with van der Waals surface area (Å²) in [6.07, 6.45) is 0. The first-order valence-corrected chi connectivity index (χ1v) is 11.4. The predicted octanol–water partition coefficient (Wildman–Crippen LogP) is 6.37. The topological polar surface area (TPSA) is 62.7 Å². The Balaban J connectivity index is 1.77. The lowest BCUT2D eigenvalue weighted by Gasteiger charge is -2.24. The molecule has 6 heteroatoms. The second-order valence-electron chi connectivity index (χ2n) is 7.38. The molecule has 1 aromatic heterocycles. The zero-order valence-corrected chi connectivity index (χ0v) is 19.3. The van der Waals surface area contributed by atoms with Crippen molar-refractivity contribution in [2.45, 2.75) is 4.90 Å². The summed E-state index contributed by atoms with van der Waals surface area (Å²) in [6.45, 7) is 0. The van der Waals surface area contributed by atoms with Crippen molar-refractivity contribution in [1.29, 1.82) is 0 Å². The standard InChI is InChI=1S/C27H24N2O3S/c1-29(21-13-15-22(16-14-21)33-18-25(30)31)24-17-23(19-9-5-3-6-10-19)26(28-27(24)32-2)20-11-7-4-8-12-20/h3-17H,18H2,1-2H3,(H,30,31). The highest BCUT2D eigenvalue weighted by molar-refractivity contribution is 8.00. The Labute approximate surface area is 197 Å². The number of nitrogens with zero attached hydrogens (tertiary/aromatic N) is 2. The Kier molecular flexibility index (Phi) is 6.95. The molecule has 166 valence electrons. The number of carbonyl (C=O) groups is 1. The number of carboxylic acids is 1. The van der Waals surface area contributed by atoms with Gasteiger partial charge in [0.05, 0.1) is 18.6 Å². The minimum Gasteiger partial charge on any atom is -0.481 e. The van der Waals surface area contributed by atoms with E-state index in [-0.39, 0.29) is 5.75 Å². The van der Waals surface area contributed by atoms with E-state index in [2.05, 4.69) is 18.2 Å².